The number of carbonyl (C=O) groups is 1. The molecule has 0 radical (unpaired) electrons. The molecule has 2 aliphatic rings. The first kappa shape index (κ1) is 18.4. The van der Waals surface area contributed by atoms with Crippen LogP contribution >= 0.6 is 0 Å². The summed E-state index contributed by atoms with van der Waals surface area (Å²) in [6.45, 7) is 4.10. The van der Waals surface area contributed by atoms with Crippen molar-refractivity contribution in [3.63, 3.8) is 0 Å². The number of phenols is 1. The Morgan fingerprint density at radius 3 is 2.46 bits per heavy atom. The van der Waals surface area contributed by atoms with Crippen LogP contribution in [-0.2, 0) is 9.53 Å². The van der Waals surface area contributed by atoms with Gasteiger partial charge in [-0.2, -0.15) is 0 Å². The number of hydrogen-bond acceptors (Lipinski definition) is 5. The standard InChI is InChI=1S/C22H23N3O3/c26-19-8-6-18(7-9-19)25-21(10-11-24-12-14-28-15-13-24)23-20(22(25)27)16-17-4-2-1-3-5-17/h1-9,16,26H,10-15H2/b20-16-. The van der Waals surface area contributed by atoms with Gasteiger partial charge in [0, 0.05) is 26.1 Å². The number of morpholine rings is 1. The molecule has 0 unspecified atom stereocenters. The van der Waals surface area contributed by atoms with Crippen LogP contribution in [0.15, 0.2) is 65.3 Å². The molecule has 2 aliphatic heterocycles. The molecule has 4 rings (SSSR count). The molecule has 0 atom stereocenters. The second kappa shape index (κ2) is 8.37. The summed E-state index contributed by atoms with van der Waals surface area (Å²) in [6, 6.07) is 16.4. The number of amides is 1. The van der Waals surface area contributed by atoms with Gasteiger partial charge in [-0.1, -0.05) is 30.3 Å². The maximum Gasteiger partial charge on any atom is 0.282 e. The van der Waals surface area contributed by atoms with Crippen LogP contribution in [0.25, 0.3) is 6.08 Å². The van der Waals surface area contributed by atoms with Gasteiger partial charge in [0.1, 0.15) is 17.3 Å². The summed E-state index contributed by atoms with van der Waals surface area (Å²) in [5.41, 5.74) is 2.07. The monoisotopic (exact) mass is 377 g/mol. The zero-order chi connectivity index (χ0) is 19.3. The van der Waals surface area contributed by atoms with Gasteiger partial charge in [0.2, 0.25) is 0 Å². The number of phenolic OH excluding ortho intramolecular Hbond substituents is 1. The highest BCUT2D eigenvalue weighted by atomic mass is 16.5. The molecule has 0 bridgehead atoms. The van der Waals surface area contributed by atoms with Gasteiger partial charge in [-0.25, -0.2) is 4.99 Å². The molecule has 144 valence electrons. The number of carbonyl (C=O) groups excluding carboxylic acids is 1. The zero-order valence-corrected chi connectivity index (χ0v) is 15.6. The second-order valence-electron chi connectivity index (χ2n) is 6.83. The maximum absolute atomic E-state index is 13.1. The van der Waals surface area contributed by atoms with Crippen LogP contribution in [0.3, 0.4) is 0 Å². The fourth-order valence-electron chi connectivity index (χ4n) is 3.39. The van der Waals surface area contributed by atoms with Crippen molar-refractivity contribution in [3.8, 4) is 5.75 Å². The summed E-state index contributed by atoms with van der Waals surface area (Å²) in [7, 11) is 0. The molecule has 1 saturated heterocycles. The molecule has 0 saturated carbocycles. The Balaban J connectivity index is 1.60. The van der Waals surface area contributed by atoms with Crippen LogP contribution in [0.1, 0.15) is 12.0 Å². The smallest absolute Gasteiger partial charge is 0.282 e. The van der Waals surface area contributed by atoms with Crippen LogP contribution in [0, 0.1) is 0 Å². The minimum Gasteiger partial charge on any atom is -0.508 e. The van der Waals surface area contributed by atoms with Crippen molar-refractivity contribution < 1.29 is 14.6 Å². The number of benzene rings is 2. The van der Waals surface area contributed by atoms with Gasteiger partial charge in [0.15, 0.2) is 0 Å². The van der Waals surface area contributed by atoms with Gasteiger partial charge in [-0.05, 0) is 35.9 Å². The van der Waals surface area contributed by atoms with Gasteiger partial charge < -0.3 is 9.84 Å². The second-order valence-corrected chi connectivity index (χ2v) is 6.83. The third kappa shape index (κ3) is 4.13. The van der Waals surface area contributed by atoms with E-state index >= 15 is 0 Å². The van der Waals surface area contributed by atoms with E-state index in [0.29, 0.717) is 17.8 Å². The fraction of sp³-hybridized carbons (Fsp3) is 0.273. The normalized spacial score (nSPS) is 19.3. The molecule has 1 amide bonds. The highest BCUT2D eigenvalue weighted by Gasteiger charge is 2.31. The predicted octanol–water partition coefficient (Wildman–Crippen LogP) is 2.90. The largest absolute Gasteiger partial charge is 0.508 e. The molecule has 0 aliphatic carbocycles. The van der Waals surface area contributed by atoms with E-state index in [-0.39, 0.29) is 11.7 Å². The average Bonchev–Trinajstić information content (AvgIpc) is 3.04. The van der Waals surface area contributed by atoms with Crippen LogP contribution in [0.5, 0.6) is 5.75 Å². The summed E-state index contributed by atoms with van der Waals surface area (Å²) >= 11 is 0. The number of nitrogens with zero attached hydrogens (tertiary/aromatic N) is 3. The number of aromatic hydroxyl groups is 1. The topological polar surface area (TPSA) is 65.4 Å². The molecule has 0 spiro atoms. The summed E-state index contributed by atoms with van der Waals surface area (Å²) in [5, 5.41) is 9.59. The lowest BCUT2D eigenvalue weighted by Gasteiger charge is -2.27. The molecule has 28 heavy (non-hydrogen) atoms. The molecule has 2 aromatic carbocycles. The van der Waals surface area contributed by atoms with E-state index in [4.69, 9.17) is 4.74 Å². The minimum atomic E-state index is -0.147. The van der Waals surface area contributed by atoms with Crippen molar-refractivity contribution >= 4 is 23.5 Å². The first-order valence-electron chi connectivity index (χ1n) is 9.48. The molecule has 2 aromatic rings. The molecular formula is C22H23N3O3. The first-order valence-corrected chi connectivity index (χ1v) is 9.48. The Kier molecular flexibility index (Phi) is 5.50. The van der Waals surface area contributed by atoms with E-state index in [9.17, 15) is 9.90 Å². The third-order valence-electron chi connectivity index (χ3n) is 4.90. The number of anilines is 1. The first-order chi connectivity index (χ1) is 13.7. The minimum absolute atomic E-state index is 0.147. The Labute approximate surface area is 164 Å². The van der Waals surface area contributed by atoms with E-state index in [1.807, 2.05) is 36.4 Å². The number of rotatable bonds is 5. The molecule has 2 heterocycles. The van der Waals surface area contributed by atoms with Crippen molar-refractivity contribution in [1.82, 2.24) is 4.90 Å². The van der Waals surface area contributed by atoms with E-state index in [1.165, 1.54) is 0 Å². The zero-order valence-electron chi connectivity index (χ0n) is 15.6. The molecular weight excluding hydrogens is 354 g/mol. The summed E-state index contributed by atoms with van der Waals surface area (Å²) in [4.78, 5) is 21.7. The molecule has 1 fully saturated rings. The van der Waals surface area contributed by atoms with Gasteiger partial charge in [0.25, 0.3) is 5.91 Å². The van der Waals surface area contributed by atoms with Crippen molar-refractivity contribution in [2.24, 2.45) is 4.99 Å². The third-order valence-corrected chi connectivity index (χ3v) is 4.90. The van der Waals surface area contributed by atoms with Crippen LogP contribution < -0.4 is 4.90 Å². The van der Waals surface area contributed by atoms with E-state index in [1.54, 1.807) is 29.2 Å². The van der Waals surface area contributed by atoms with Crippen molar-refractivity contribution in [1.29, 1.82) is 0 Å². The van der Waals surface area contributed by atoms with Crippen LogP contribution in [0.2, 0.25) is 0 Å². The fourth-order valence-corrected chi connectivity index (χ4v) is 3.39. The van der Waals surface area contributed by atoms with E-state index < -0.39 is 0 Å². The average molecular weight is 377 g/mol. The van der Waals surface area contributed by atoms with Crippen molar-refractivity contribution in [3.05, 3.63) is 65.9 Å². The summed E-state index contributed by atoms with van der Waals surface area (Å²) in [5.74, 6) is 0.748. The molecule has 1 N–H and O–H groups in total. The maximum atomic E-state index is 13.1. The Bertz CT molecular complexity index is 885. The highest BCUT2D eigenvalue weighted by molar-refractivity contribution is 6.28. The van der Waals surface area contributed by atoms with Gasteiger partial charge in [-0.15, -0.1) is 0 Å². The molecule has 6 nitrogen and oxygen atoms in total. The number of hydrogen-bond donors (Lipinski definition) is 1. The number of amidine groups is 1. The molecule has 0 aromatic heterocycles. The SMILES string of the molecule is O=C1/C(=C/c2ccccc2)N=C(CCN2CCOCC2)N1c1ccc(O)cc1. The van der Waals surface area contributed by atoms with Crippen LogP contribution in [-0.4, -0.2) is 54.6 Å². The quantitative estimate of drug-likeness (QED) is 0.814. The lowest BCUT2D eigenvalue weighted by atomic mass is 10.2. The summed E-state index contributed by atoms with van der Waals surface area (Å²) < 4.78 is 5.40. The Hall–Kier alpha value is -2.96. The lowest BCUT2D eigenvalue weighted by Crippen LogP contribution is -2.39. The van der Waals surface area contributed by atoms with Gasteiger partial charge >= 0.3 is 0 Å². The summed E-state index contributed by atoms with van der Waals surface area (Å²) in [6.07, 6.45) is 2.48. The predicted molar refractivity (Wildman–Crippen MR) is 109 cm³/mol. The van der Waals surface area contributed by atoms with Gasteiger partial charge in [0.05, 0.1) is 18.9 Å². The number of ether oxygens (including phenoxy) is 1. The van der Waals surface area contributed by atoms with E-state index in [0.717, 1.165) is 44.2 Å². The van der Waals surface area contributed by atoms with E-state index in [2.05, 4.69) is 9.89 Å². The van der Waals surface area contributed by atoms with Crippen molar-refractivity contribution in [2.45, 2.75) is 6.42 Å². The number of aliphatic imine (C=N–C) groups is 1. The van der Waals surface area contributed by atoms with Crippen molar-refractivity contribution in [2.75, 3.05) is 37.7 Å². The Morgan fingerprint density at radius 2 is 1.75 bits per heavy atom. The van der Waals surface area contributed by atoms with Gasteiger partial charge in [-0.3, -0.25) is 14.6 Å². The molecule has 6 heteroatoms. The lowest BCUT2D eigenvalue weighted by molar-refractivity contribution is -0.113. The van der Waals surface area contributed by atoms with Crippen LogP contribution in [0.4, 0.5) is 5.69 Å². The highest BCUT2D eigenvalue weighted by Crippen LogP contribution is 2.27. The Morgan fingerprint density at radius 1 is 1.04 bits per heavy atom.